The first kappa shape index (κ1) is 13.7. The zero-order chi connectivity index (χ0) is 12.9. The molecule has 17 heavy (non-hydrogen) atoms. The summed E-state index contributed by atoms with van der Waals surface area (Å²) in [6.45, 7) is 6.66. The van der Waals surface area contributed by atoms with Crippen LogP contribution in [0.5, 0.6) is 0 Å². The van der Waals surface area contributed by atoms with E-state index in [1.165, 1.54) is 0 Å². The van der Waals surface area contributed by atoms with E-state index in [1.807, 2.05) is 38.1 Å². The quantitative estimate of drug-likeness (QED) is 0.821. The maximum absolute atomic E-state index is 12.1. The summed E-state index contributed by atoms with van der Waals surface area (Å²) in [5.41, 5.74) is 7.17. The van der Waals surface area contributed by atoms with Gasteiger partial charge in [-0.1, -0.05) is 24.6 Å². The van der Waals surface area contributed by atoms with E-state index < -0.39 is 0 Å². The second-order valence-corrected chi connectivity index (χ2v) is 4.78. The van der Waals surface area contributed by atoms with Gasteiger partial charge >= 0.3 is 0 Å². The van der Waals surface area contributed by atoms with Crippen LogP contribution in [-0.4, -0.2) is 18.0 Å². The first-order chi connectivity index (χ1) is 8.00. The van der Waals surface area contributed by atoms with E-state index in [4.69, 9.17) is 5.73 Å². The summed E-state index contributed by atoms with van der Waals surface area (Å²) in [6, 6.07) is 7.61. The van der Waals surface area contributed by atoms with Crippen molar-refractivity contribution in [2.75, 3.05) is 6.54 Å². The minimum atomic E-state index is -0.213. The lowest BCUT2D eigenvalue weighted by Gasteiger charge is -2.29. The topological polar surface area (TPSA) is 55.1 Å². The summed E-state index contributed by atoms with van der Waals surface area (Å²) in [7, 11) is 0. The standard InChI is InChI=1S/C14H22N2O/c1-4-14(3,8-9-15)16-13(17)12-7-5-6-11(2)10-12/h5-7,10H,4,8-9,15H2,1-3H3,(H,16,17). The van der Waals surface area contributed by atoms with E-state index in [1.54, 1.807) is 0 Å². The highest BCUT2D eigenvalue weighted by atomic mass is 16.1. The average molecular weight is 234 g/mol. The van der Waals surface area contributed by atoms with E-state index in [-0.39, 0.29) is 11.4 Å². The maximum Gasteiger partial charge on any atom is 0.251 e. The predicted molar refractivity (Wildman–Crippen MR) is 71.0 cm³/mol. The second kappa shape index (κ2) is 5.82. The number of aryl methyl sites for hydroxylation is 1. The Balaban J connectivity index is 2.77. The number of amides is 1. The van der Waals surface area contributed by atoms with E-state index in [0.717, 1.165) is 18.4 Å². The van der Waals surface area contributed by atoms with Crippen molar-refractivity contribution < 1.29 is 4.79 Å². The molecule has 3 nitrogen and oxygen atoms in total. The Morgan fingerprint density at radius 1 is 1.47 bits per heavy atom. The van der Waals surface area contributed by atoms with Gasteiger partial charge in [0, 0.05) is 11.1 Å². The Morgan fingerprint density at radius 2 is 2.18 bits per heavy atom. The van der Waals surface area contributed by atoms with Crippen LogP contribution >= 0.6 is 0 Å². The first-order valence-electron chi connectivity index (χ1n) is 6.10. The highest BCUT2D eigenvalue weighted by Crippen LogP contribution is 2.15. The van der Waals surface area contributed by atoms with Gasteiger partial charge in [-0.05, 0) is 45.4 Å². The number of carbonyl (C=O) groups is 1. The van der Waals surface area contributed by atoms with Crippen molar-refractivity contribution in [3.05, 3.63) is 35.4 Å². The molecular weight excluding hydrogens is 212 g/mol. The highest BCUT2D eigenvalue weighted by molar-refractivity contribution is 5.94. The molecule has 1 unspecified atom stereocenters. The van der Waals surface area contributed by atoms with Crippen molar-refractivity contribution in [3.8, 4) is 0 Å². The summed E-state index contributed by atoms with van der Waals surface area (Å²) < 4.78 is 0. The summed E-state index contributed by atoms with van der Waals surface area (Å²) in [4.78, 5) is 12.1. The summed E-state index contributed by atoms with van der Waals surface area (Å²) in [6.07, 6.45) is 1.67. The number of nitrogens with two attached hydrogens (primary N) is 1. The third-order valence-corrected chi connectivity index (χ3v) is 3.17. The van der Waals surface area contributed by atoms with Gasteiger partial charge in [0.05, 0.1) is 0 Å². The van der Waals surface area contributed by atoms with Crippen LogP contribution in [0.15, 0.2) is 24.3 Å². The van der Waals surface area contributed by atoms with Crippen LogP contribution in [0.4, 0.5) is 0 Å². The number of carbonyl (C=O) groups excluding carboxylic acids is 1. The molecule has 0 radical (unpaired) electrons. The van der Waals surface area contributed by atoms with Gasteiger partial charge in [-0.3, -0.25) is 4.79 Å². The van der Waals surface area contributed by atoms with Gasteiger partial charge in [0.1, 0.15) is 0 Å². The minimum absolute atomic E-state index is 0.0218. The fraction of sp³-hybridized carbons (Fsp3) is 0.500. The van der Waals surface area contributed by atoms with Crippen LogP contribution < -0.4 is 11.1 Å². The zero-order valence-electron chi connectivity index (χ0n) is 10.9. The zero-order valence-corrected chi connectivity index (χ0v) is 10.9. The monoisotopic (exact) mass is 234 g/mol. The molecule has 94 valence electrons. The van der Waals surface area contributed by atoms with Gasteiger partial charge in [0.2, 0.25) is 0 Å². The molecule has 0 spiro atoms. The molecule has 3 N–H and O–H groups in total. The number of hydrogen-bond donors (Lipinski definition) is 2. The number of rotatable bonds is 5. The summed E-state index contributed by atoms with van der Waals surface area (Å²) in [5, 5.41) is 3.07. The molecule has 0 bridgehead atoms. The first-order valence-corrected chi connectivity index (χ1v) is 6.10. The van der Waals surface area contributed by atoms with Crippen molar-refractivity contribution in [2.24, 2.45) is 5.73 Å². The lowest BCUT2D eigenvalue weighted by molar-refractivity contribution is 0.0900. The molecule has 1 aromatic carbocycles. The van der Waals surface area contributed by atoms with Crippen molar-refractivity contribution in [1.82, 2.24) is 5.32 Å². The SMILES string of the molecule is CCC(C)(CCN)NC(=O)c1cccc(C)c1. The van der Waals surface area contributed by atoms with Gasteiger partial charge in [0.15, 0.2) is 0 Å². The molecule has 0 saturated heterocycles. The van der Waals surface area contributed by atoms with Crippen LogP contribution in [0.3, 0.4) is 0 Å². The fourth-order valence-electron chi connectivity index (χ4n) is 1.78. The Bertz CT molecular complexity index is 390. The number of hydrogen-bond acceptors (Lipinski definition) is 2. The molecule has 0 aliphatic heterocycles. The van der Waals surface area contributed by atoms with E-state index >= 15 is 0 Å². The van der Waals surface area contributed by atoms with Gasteiger partial charge in [-0.2, -0.15) is 0 Å². The largest absolute Gasteiger partial charge is 0.347 e. The average Bonchev–Trinajstić information content (AvgIpc) is 2.29. The van der Waals surface area contributed by atoms with Gasteiger partial charge in [-0.15, -0.1) is 0 Å². The molecule has 0 heterocycles. The Labute approximate surface area is 103 Å². The third kappa shape index (κ3) is 3.86. The fourth-order valence-corrected chi connectivity index (χ4v) is 1.78. The van der Waals surface area contributed by atoms with Crippen LogP contribution in [0, 0.1) is 6.92 Å². The van der Waals surface area contributed by atoms with Crippen LogP contribution in [0.1, 0.15) is 42.6 Å². The molecule has 0 aromatic heterocycles. The van der Waals surface area contributed by atoms with Gasteiger partial charge in [0.25, 0.3) is 5.91 Å². The minimum Gasteiger partial charge on any atom is -0.347 e. The van der Waals surface area contributed by atoms with Crippen LogP contribution in [0.2, 0.25) is 0 Å². The Hall–Kier alpha value is -1.35. The van der Waals surface area contributed by atoms with Crippen molar-refractivity contribution in [3.63, 3.8) is 0 Å². The highest BCUT2D eigenvalue weighted by Gasteiger charge is 2.23. The normalized spacial score (nSPS) is 14.1. The smallest absolute Gasteiger partial charge is 0.251 e. The summed E-state index contributed by atoms with van der Waals surface area (Å²) in [5.74, 6) is -0.0218. The number of nitrogens with one attached hydrogen (secondary N) is 1. The molecule has 0 fully saturated rings. The molecule has 0 saturated carbocycles. The van der Waals surface area contributed by atoms with Crippen LogP contribution in [-0.2, 0) is 0 Å². The van der Waals surface area contributed by atoms with Gasteiger partial charge in [-0.25, -0.2) is 0 Å². The van der Waals surface area contributed by atoms with E-state index in [2.05, 4.69) is 12.2 Å². The van der Waals surface area contributed by atoms with Crippen molar-refractivity contribution >= 4 is 5.91 Å². The Morgan fingerprint density at radius 3 is 2.71 bits per heavy atom. The van der Waals surface area contributed by atoms with Crippen molar-refractivity contribution in [2.45, 2.75) is 39.2 Å². The molecular formula is C14H22N2O. The molecule has 0 aliphatic rings. The predicted octanol–water partition coefficient (Wildman–Crippen LogP) is 2.24. The van der Waals surface area contributed by atoms with E-state index in [0.29, 0.717) is 12.1 Å². The molecule has 1 rings (SSSR count). The molecule has 1 amide bonds. The third-order valence-electron chi connectivity index (χ3n) is 3.17. The lowest BCUT2D eigenvalue weighted by Crippen LogP contribution is -2.46. The van der Waals surface area contributed by atoms with Crippen molar-refractivity contribution in [1.29, 1.82) is 0 Å². The molecule has 1 aromatic rings. The second-order valence-electron chi connectivity index (χ2n) is 4.78. The summed E-state index contributed by atoms with van der Waals surface area (Å²) >= 11 is 0. The molecule has 0 aliphatic carbocycles. The molecule has 3 heteroatoms. The Kier molecular flexibility index (Phi) is 4.70. The van der Waals surface area contributed by atoms with Gasteiger partial charge < -0.3 is 11.1 Å². The maximum atomic E-state index is 12.1. The lowest BCUT2D eigenvalue weighted by atomic mass is 9.94. The number of benzene rings is 1. The van der Waals surface area contributed by atoms with E-state index in [9.17, 15) is 4.79 Å². The van der Waals surface area contributed by atoms with Crippen LogP contribution in [0.25, 0.3) is 0 Å². The molecule has 1 atom stereocenters.